The monoisotopic (exact) mass is 276 g/mol. The van der Waals surface area contributed by atoms with Gasteiger partial charge in [0.2, 0.25) is 0 Å². The molecule has 0 aliphatic rings. The Morgan fingerprint density at radius 1 is 1.11 bits per heavy atom. The molecule has 0 amide bonds. The first-order chi connectivity index (χ1) is 8.71. The molecule has 0 spiro atoms. The lowest BCUT2D eigenvalue weighted by atomic mass is 10.1. The fourth-order valence-corrected chi connectivity index (χ4v) is 1.23. The fourth-order valence-electron chi connectivity index (χ4n) is 1.23. The molecular weight excluding hydrogens is 261 g/mol. The van der Waals surface area contributed by atoms with Gasteiger partial charge in [-0.3, -0.25) is 9.59 Å². The first kappa shape index (κ1) is 17.2. The lowest BCUT2D eigenvalue weighted by Gasteiger charge is -2.11. The van der Waals surface area contributed by atoms with Crippen molar-refractivity contribution in [1.82, 2.24) is 0 Å². The summed E-state index contributed by atoms with van der Waals surface area (Å²) >= 11 is 0. The molecule has 0 radical (unpaired) electrons. The topological polar surface area (TPSA) is 43.4 Å². The average Bonchev–Trinajstić information content (AvgIpc) is 2.29. The van der Waals surface area contributed by atoms with Crippen molar-refractivity contribution in [1.29, 1.82) is 0 Å². The van der Waals surface area contributed by atoms with Crippen molar-refractivity contribution >= 4 is 11.8 Å². The molecule has 0 saturated heterocycles. The Morgan fingerprint density at radius 2 is 1.63 bits per heavy atom. The number of esters is 1. The minimum Gasteiger partial charge on any atom is -0.426 e. The van der Waals surface area contributed by atoms with E-state index in [1.165, 1.54) is 6.92 Å². The van der Waals surface area contributed by atoms with Gasteiger partial charge in [-0.05, 0) is 25.1 Å². The predicted molar refractivity (Wildman–Crippen MR) is 64.1 cm³/mol. The zero-order valence-corrected chi connectivity index (χ0v) is 11.1. The van der Waals surface area contributed by atoms with Gasteiger partial charge in [0, 0.05) is 6.92 Å². The van der Waals surface area contributed by atoms with Crippen LogP contribution in [-0.2, 0) is 11.0 Å². The minimum atomic E-state index is -4.55. The Kier molecular flexibility index (Phi) is 6.24. The minimum absolute atomic E-state index is 0.0619. The Labute approximate surface area is 109 Å². The standard InChI is InChI=1S/C11H9F3O3.C2H6/c1-6(15)9-4-3-8(11(12,13)14)5-10(9)17-7(2)16;1-2/h3-5H,1-2H3;1-2H3. The summed E-state index contributed by atoms with van der Waals surface area (Å²) in [5.41, 5.74) is -1.04. The van der Waals surface area contributed by atoms with Crippen molar-refractivity contribution < 1.29 is 27.5 Å². The highest BCUT2D eigenvalue weighted by atomic mass is 19.4. The molecule has 19 heavy (non-hydrogen) atoms. The Balaban J connectivity index is 0.00000154. The summed E-state index contributed by atoms with van der Waals surface area (Å²) in [7, 11) is 0. The molecule has 0 saturated carbocycles. The number of alkyl halides is 3. The molecule has 1 aromatic carbocycles. The third kappa shape index (κ3) is 5.11. The molecule has 0 heterocycles. The molecule has 0 aromatic heterocycles. The molecule has 0 unspecified atom stereocenters. The van der Waals surface area contributed by atoms with Gasteiger partial charge in [-0.25, -0.2) is 0 Å². The van der Waals surface area contributed by atoms with Crippen molar-refractivity contribution in [3.8, 4) is 5.75 Å². The van der Waals surface area contributed by atoms with Crippen LogP contribution in [0.25, 0.3) is 0 Å². The van der Waals surface area contributed by atoms with Gasteiger partial charge in [0.1, 0.15) is 5.75 Å². The lowest BCUT2D eigenvalue weighted by molar-refractivity contribution is -0.138. The molecule has 0 aliphatic heterocycles. The smallest absolute Gasteiger partial charge is 0.416 e. The van der Waals surface area contributed by atoms with E-state index in [1.807, 2.05) is 13.8 Å². The number of carbonyl (C=O) groups excluding carboxylic acids is 2. The van der Waals surface area contributed by atoms with Crippen LogP contribution in [0.15, 0.2) is 18.2 Å². The van der Waals surface area contributed by atoms with Crippen LogP contribution in [0.1, 0.15) is 43.6 Å². The van der Waals surface area contributed by atoms with Gasteiger partial charge in [0.25, 0.3) is 0 Å². The number of ketones is 1. The van der Waals surface area contributed by atoms with Crippen LogP contribution in [0.3, 0.4) is 0 Å². The second kappa shape index (κ2) is 6.92. The van der Waals surface area contributed by atoms with Crippen molar-refractivity contribution in [2.45, 2.75) is 33.9 Å². The molecule has 1 rings (SSSR count). The molecule has 106 valence electrons. The molecular formula is C13H15F3O3. The van der Waals surface area contributed by atoms with Crippen molar-refractivity contribution in [3.63, 3.8) is 0 Å². The van der Waals surface area contributed by atoms with E-state index in [1.54, 1.807) is 0 Å². The van der Waals surface area contributed by atoms with Crippen LogP contribution in [0, 0.1) is 0 Å². The average molecular weight is 276 g/mol. The molecule has 0 bridgehead atoms. The zero-order chi connectivity index (χ0) is 15.2. The SMILES string of the molecule is CC.CC(=O)Oc1cc(C(F)(F)F)ccc1C(C)=O. The molecule has 0 fully saturated rings. The van der Waals surface area contributed by atoms with Crippen molar-refractivity contribution in [2.24, 2.45) is 0 Å². The predicted octanol–water partition coefficient (Wildman–Crippen LogP) is 3.86. The summed E-state index contributed by atoms with van der Waals surface area (Å²) in [6, 6.07) is 2.39. The molecule has 0 N–H and O–H groups in total. The number of Topliss-reactive ketones (excluding diaryl/α,β-unsaturated/α-hetero) is 1. The molecule has 0 atom stereocenters. The molecule has 1 aromatic rings. The number of rotatable bonds is 2. The quantitative estimate of drug-likeness (QED) is 0.468. The van der Waals surface area contributed by atoms with E-state index in [-0.39, 0.29) is 11.3 Å². The summed E-state index contributed by atoms with van der Waals surface area (Å²) in [5, 5.41) is 0. The third-order valence-corrected chi connectivity index (χ3v) is 1.94. The molecule has 6 heteroatoms. The summed E-state index contributed by atoms with van der Waals surface area (Å²) in [5.74, 6) is -1.64. The van der Waals surface area contributed by atoms with Gasteiger partial charge in [0.15, 0.2) is 5.78 Å². The summed E-state index contributed by atoms with van der Waals surface area (Å²) < 4.78 is 41.8. The Hall–Kier alpha value is -1.85. The summed E-state index contributed by atoms with van der Waals surface area (Å²) in [6.07, 6.45) is -4.55. The second-order valence-corrected chi connectivity index (χ2v) is 3.36. The third-order valence-electron chi connectivity index (χ3n) is 1.94. The normalized spacial score (nSPS) is 10.3. The summed E-state index contributed by atoms with van der Waals surface area (Å²) in [4.78, 5) is 21.9. The van der Waals surface area contributed by atoms with Crippen LogP contribution in [-0.4, -0.2) is 11.8 Å². The van der Waals surface area contributed by atoms with Gasteiger partial charge in [-0.15, -0.1) is 0 Å². The highest BCUT2D eigenvalue weighted by Gasteiger charge is 2.31. The van der Waals surface area contributed by atoms with E-state index in [2.05, 4.69) is 4.74 Å². The fraction of sp³-hybridized carbons (Fsp3) is 0.385. The Bertz CT molecular complexity index is 465. The number of benzene rings is 1. The van der Waals surface area contributed by atoms with Crippen LogP contribution in [0.5, 0.6) is 5.75 Å². The van der Waals surface area contributed by atoms with E-state index in [9.17, 15) is 22.8 Å². The van der Waals surface area contributed by atoms with Crippen molar-refractivity contribution in [2.75, 3.05) is 0 Å². The van der Waals surface area contributed by atoms with Gasteiger partial charge in [-0.2, -0.15) is 13.2 Å². The van der Waals surface area contributed by atoms with Gasteiger partial charge < -0.3 is 4.74 Å². The van der Waals surface area contributed by atoms with Crippen LogP contribution < -0.4 is 4.74 Å². The number of carbonyl (C=O) groups is 2. The van der Waals surface area contributed by atoms with Crippen LogP contribution in [0.2, 0.25) is 0 Å². The van der Waals surface area contributed by atoms with E-state index in [4.69, 9.17) is 0 Å². The van der Waals surface area contributed by atoms with Gasteiger partial charge in [0.05, 0.1) is 11.1 Å². The van der Waals surface area contributed by atoms with E-state index < -0.39 is 23.5 Å². The largest absolute Gasteiger partial charge is 0.426 e. The van der Waals surface area contributed by atoms with Crippen molar-refractivity contribution in [3.05, 3.63) is 29.3 Å². The maximum atomic E-state index is 12.4. The highest BCUT2D eigenvalue weighted by Crippen LogP contribution is 2.33. The first-order valence-corrected chi connectivity index (χ1v) is 5.62. The van der Waals surface area contributed by atoms with Crippen LogP contribution in [0.4, 0.5) is 13.2 Å². The van der Waals surface area contributed by atoms with E-state index in [0.717, 1.165) is 19.1 Å². The van der Waals surface area contributed by atoms with E-state index >= 15 is 0 Å². The summed E-state index contributed by atoms with van der Waals surface area (Å²) in [6.45, 7) is 6.22. The van der Waals surface area contributed by atoms with Gasteiger partial charge >= 0.3 is 12.1 Å². The molecule has 3 nitrogen and oxygen atoms in total. The highest BCUT2D eigenvalue weighted by molar-refractivity contribution is 5.97. The number of hydrogen-bond acceptors (Lipinski definition) is 3. The lowest BCUT2D eigenvalue weighted by Crippen LogP contribution is -2.10. The maximum Gasteiger partial charge on any atom is 0.416 e. The van der Waals surface area contributed by atoms with E-state index in [0.29, 0.717) is 6.07 Å². The van der Waals surface area contributed by atoms with Gasteiger partial charge in [-0.1, -0.05) is 13.8 Å². The molecule has 0 aliphatic carbocycles. The number of halogens is 3. The number of hydrogen-bond donors (Lipinski definition) is 0. The first-order valence-electron chi connectivity index (χ1n) is 5.62. The Morgan fingerprint density at radius 3 is 2.00 bits per heavy atom. The maximum absolute atomic E-state index is 12.4. The number of ether oxygens (including phenoxy) is 1. The zero-order valence-electron chi connectivity index (χ0n) is 11.1. The second-order valence-electron chi connectivity index (χ2n) is 3.36. The van der Waals surface area contributed by atoms with Crippen LogP contribution >= 0.6 is 0 Å².